The minimum atomic E-state index is -0.645. The molecule has 0 spiro atoms. The third kappa shape index (κ3) is 14.4. The van der Waals surface area contributed by atoms with E-state index in [1.165, 1.54) is 44.7 Å². The third-order valence-electron chi connectivity index (χ3n) is 9.75. The lowest BCUT2D eigenvalue weighted by molar-refractivity contribution is -0.127. The molecule has 0 bridgehead atoms. The van der Waals surface area contributed by atoms with Gasteiger partial charge in [0, 0.05) is 38.2 Å². The van der Waals surface area contributed by atoms with E-state index in [-0.39, 0.29) is 17.7 Å². The van der Waals surface area contributed by atoms with E-state index in [1.54, 1.807) is 19.1 Å². The molecule has 1 aromatic heterocycles. The number of para-hydroxylation sites is 2. The molecule has 10 nitrogen and oxygen atoms in total. The number of hydrazone groups is 1. The van der Waals surface area contributed by atoms with Crippen LogP contribution in [-0.2, 0) is 4.79 Å². The highest BCUT2D eigenvalue weighted by atomic mass is 16.5. The van der Waals surface area contributed by atoms with Gasteiger partial charge in [-0.25, -0.2) is 9.97 Å². The number of nitrogens with one attached hydrogen (secondary N) is 1. The number of benzene rings is 3. The summed E-state index contributed by atoms with van der Waals surface area (Å²) in [5.41, 5.74) is 2.50. The lowest BCUT2D eigenvalue weighted by Gasteiger charge is -2.29. The summed E-state index contributed by atoms with van der Waals surface area (Å²) in [4.78, 5) is 23.7. The highest BCUT2D eigenvalue weighted by Gasteiger charge is 2.27. The lowest BCUT2D eigenvalue weighted by atomic mass is 9.80. The Balaban J connectivity index is 0.000000256. The summed E-state index contributed by atoms with van der Waals surface area (Å²) in [6.07, 6.45) is 9.01. The summed E-state index contributed by atoms with van der Waals surface area (Å²) < 4.78 is 5.46. The van der Waals surface area contributed by atoms with Gasteiger partial charge in [-0.1, -0.05) is 88.9 Å². The van der Waals surface area contributed by atoms with Crippen LogP contribution in [0.4, 0.5) is 11.5 Å². The van der Waals surface area contributed by atoms with E-state index < -0.39 is 6.10 Å². The second-order valence-corrected chi connectivity index (χ2v) is 14.5. The summed E-state index contributed by atoms with van der Waals surface area (Å²) in [7, 11) is 3.99. The molecule has 10 heteroatoms. The number of carbonyl (C=O) groups is 1. The first-order valence-electron chi connectivity index (χ1n) is 19.6. The fourth-order valence-corrected chi connectivity index (χ4v) is 6.77. The van der Waals surface area contributed by atoms with Crippen LogP contribution < -0.4 is 20.1 Å². The van der Waals surface area contributed by atoms with E-state index in [4.69, 9.17) is 9.94 Å². The van der Waals surface area contributed by atoms with Crippen molar-refractivity contribution >= 4 is 34.5 Å². The molecule has 1 heterocycles. The summed E-state index contributed by atoms with van der Waals surface area (Å²) >= 11 is 0. The Labute approximate surface area is 323 Å². The maximum Gasteiger partial charge on any atom is 0.223 e. The van der Waals surface area contributed by atoms with Crippen molar-refractivity contribution in [1.29, 1.82) is 0 Å². The van der Waals surface area contributed by atoms with Crippen LogP contribution in [-0.4, -0.2) is 59.7 Å². The van der Waals surface area contributed by atoms with E-state index in [2.05, 4.69) is 41.2 Å². The number of aromatic nitrogens is 2. The van der Waals surface area contributed by atoms with Crippen molar-refractivity contribution < 1.29 is 19.8 Å². The largest absolute Gasteiger partial charge is 0.494 e. The molecule has 0 radical (unpaired) electrons. The number of aryl methyl sites for hydroxylation is 1. The van der Waals surface area contributed by atoms with Gasteiger partial charge in [0.2, 0.25) is 5.91 Å². The monoisotopic (exact) mass is 740 g/mol. The average Bonchev–Trinajstić information content (AvgIpc) is 3.17. The molecule has 2 unspecified atom stereocenters. The van der Waals surface area contributed by atoms with Gasteiger partial charge in [-0.05, 0) is 99.7 Å². The van der Waals surface area contributed by atoms with Gasteiger partial charge in [-0.3, -0.25) is 10.0 Å². The van der Waals surface area contributed by atoms with Crippen molar-refractivity contribution in [2.75, 3.05) is 37.3 Å². The fourth-order valence-electron chi connectivity index (χ4n) is 6.77. The van der Waals surface area contributed by atoms with E-state index in [0.717, 1.165) is 51.5 Å². The topological polar surface area (TPSA) is 123 Å². The van der Waals surface area contributed by atoms with Crippen LogP contribution in [0.25, 0.3) is 10.9 Å². The highest BCUT2D eigenvalue weighted by molar-refractivity contribution is 5.89. The molecular weight excluding hydrogens is 677 g/mol. The highest BCUT2D eigenvalue weighted by Crippen LogP contribution is 2.32. The molecule has 294 valence electrons. The molecule has 1 aliphatic carbocycles. The summed E-state index contributed by atoms with van der Waals surface area (Å²) in [5.74, 6) is 4.17. The van der Waals surface area contributed by atoms with Gasteiger partial charge in [0.1, 0.15) is 17.4 Å². The predicted molar refractivity (Wildman–Crippen MR) is 222 cm³/mol. The summed E-state index contributed by atoms with van der Waals surface area (Å²) in [6.45, 7) is 13.4. The standard InChI is InChI=1S/C25H41NO3.C11H13N3.C8H10N2O/c1-5-7-19-8-10-20(11-9-19)17-26-25(28)23(18(3)4)16-24(27)21-12-14-22(15-13-21)29-6-2;1-8-12-10-7-5-4-6-9(10)11(13-8)14(2)3;1-2-9-10(11)8-6-4-3-5-7-8/h12-15,18-20,23-24,27H,5-11,16-17H2,1-4H3,(H,26,28);4-7H,1-3H3;2-7,11H,1H3/b;;9-2+. The Hall–Kier alpha value is -4.54. The summed E-state index contributed by atoms with van der Waals surface area (Å²) in [5, 5.41) is 28.6. The van der Waals surface area contributed by atoms with E-state index >= 15 is 0 Å². The number of aliphatic hydroxyl groups is 1. The number of carbonyl (C=O) groups excluding carboxylic acids is 1. The Morgan fingerprint density at radius 2 is 1.57 bits per heavy atom. The van der Waals surface area contributed by atoms with Gasteiger partial charge in [0.15, 0.2) is 0 Å². The number of nitrogens with zero attached hydrogens (tertiary/aromatic N) is 5. The minimum Gasteiger partial charge on any atom is -0.494 e. The fraction of sp³-hybridized carbons (Fsp3) is 0.500. The van der Waals surface area contributed by atoms with Crippen LogP contribution in [0, 0.1) is 30.6 Å². The van der Waals surface area contributed by atoms with Crippen molar-refractivity contribution in [2.45, 2.75) is 92.6 Å². The SMILES string of the molecule is C/C=N/N(O)c1ccccc1.CCCC1CCC(CNC(=O)C(CC(O)c2ccc(OCC)cc2)C(C)C)CC1.Cc1nc(N(C)C)c2ccccc2n1. The van der Waals surface area contributed by atoms with Crippen LogP contribution in [0.2, 0.25) is 0 Å². The molecule has 54 heavy (non-hydrogen) atoms. The number of hydrogen-bond donors (Lipinski definition) is 3. The van der Waals surface area contributed by atoms with Gasteiger partial charge in [0.05, 0.1) is 23.9 Å². The Morgan fingerprint density at radius 3 is 2.17 bits per heavy atom. The Bertz CT molecular complexity index is 1670. The smallest absolute Gasteiger partial charge is 0.223 e. The number of hydrogen-bond acceptors (Lipinski definition) is 9. The van der Waals surface area contributed by atoms with Crippen LogP contribution in [0.15, 0.2) is 84.0 Å². The normalized spacial score (nSPS) is 16.4. The zero-order valence-electron chi connectivity index (χ0n) is 33.8. The van der Waals surface area contributed by atoms with E-state index in [9.17, 15) is 9.90 Å². The second-order valence-electron chi connectivity index (χ2n) is 14.5. The van der Waals surface area contributed by atoms with Gasteiger partial charge in [-0.15, -0.1) is 5.17 Å². The van der Waals surface area contributed by atoms with Crippen molar-refractivity contribution in [2.24, 2.45) is 28.8 Å². The lowest BCUT2D eigenvalue weighted by Crippen LogP contribution is -2.38. The molecule has 3 N–H and O–H groups in total. The van der Waals surface area contributed by atoms with Crippen molar-refractivity contribution in [1.82, 2.24) is 15.3 Å². The quantitative estimate of drug-likeness (QED) is 0.0864. The van der Waals surface area contributed by atoms with Crippen molar-refractivity contribution in [3.05, 3.63) is 90.3 Å². The number of rotatable bonds is 14. The minimum absolute atomic E-state index is 0.0840. The molecule has 2 atom stereocenters. The van der Waals surface area contributed by atoms with Gasteiger partial charge in [0.25, 0.3) is 0 Å². The average molecular weight is 741 g/mol. The molecule has 1 saturated carbocycles. The summed E-state index contributed by atoms with van der Waals surface area (Å²) in [6, 6.07) is 24.7. The number of aliphatic hydroxyl groups excluding tert-OH is 1. The molecule has 1 amide bonds. The molecule has 4 aromatic rings. The van der Waals surface area contributed by atoms with Gasteiger partial charge >= 0.3 is 0 Å². The van der Waals surface area contributed by atoms with Crippen molar-refractivity contribution in [3.8, 4) is 5.75 Å². The zero-order chi connectivity index (χ0) is 39.5. The van der Waals surface area contributed by atoms with Crippen LogP contribution in [0.1, 0.15) is 97.1 Å². The molecule has 1 aliphatic rings. The maximum atomic E-state index is 12.9. The van der Waals surface area contributed by atoms with E-state index in [0.29, 0.717) is 24.6 Å². The van der Waals surface area contributed by atoms with Crippen molar-refractivity contribution in [3.63, 3.8) is 0 Å². The van der Waals surface area contributed by atoms with Crippen LogP contribution >= 0.6 is 0 Å². The second kappa shape index (κ2) is 23.3. The molecule has 5 rings (SSSR count). The number of fused-ring (bicyclic) bond motifs is 1. The number of anilines is 2. The first-order valence-corrected chi connectivity index (χ1v) is 19.6. The molecule has 1 fully saturated rings. The van der Waals surface area contributed by atoms with Crippen LogP contribution in [0.3, 0.4) is 0 Å². The third-order valence-corrected chi connectivity index (χ3v) is 9.75. The predicted octanol–water partition coefficient (Wildman–Crippen LogP) is 9.40. The van der Waals surface area contributed by atoms with Gasteiger partial charge in [-0.2, -0.15) is 5.10 Å². The number of amides is 1. The molecule has 0 saturated heterocycles. The van der Waals surface area contributed by atoms with Crippen LogP contribution in [0.5, 0.6) is 5.75 Å². The first kappa shape index (κ1) is 43.9. The first-order chi connectivity index (χ1) is 26.0. The van der Waals surface area contributed by atoms with E-state index in [1.807, 2.05) is 99.6 Å². The maximum absolute atomic E-state index is 12.9. The molecule has 3 aromatic carbocycles. The zero-order valence-corrected chi connectivity index (χ0v) is 33.8. The molecular formula is C44H64N6O4. The van der Waals surface area contributed by atoms with Gasteiger partial charge < -0.3 is 20.1 Å². The Morgan fingerprint density at radius 1 is 0.944 bits per heavy atom. The number of ether oxygens (including phenoxy) is 1. The molecule has 0 aliphatic heterocycles. The Kier molecular flexibility index (Phi) is 18.9.